The highest BCUT2D eigenvalue weighted by Gasteiger charge is 2.33. The predicted octanol–water partition coefficient (Wildman–Crippen LogP) is 4.80. The van der Waals surface area contributed by atoms with Gasteiger partial charge in [0.15, 0.2) is 0 Å². The van der Waals surface area contributed by atoms with E-state index in [4.69, 9.17) is 16.3 Å². The summed E-state index contributed by atoms with van der Waals surface area (Å²) in [6, 6.07) is 19.0. The molecule has 0 heterocycles. The minimum atomic E-state index is -4.20. The van der Waals surface area contributed by atoms with Crippen LogP contribution in [0.1, 0.15) is 31.4 Å². The summed E-state index contributed by atoms with van der Waals surface area (Å²) in [5.41, 5.74) is 2.05. The molecule has 0 aliphatic carbocycles. The van der Waals surface area contributed by atoms with Gasteiger partial charge < -0.3 is 15.0 Å². The maximum atomic E-state index is 14.0. The molecule has 0 spiro atoms. The Morgan fingerprint density at radius 3 is 2.28 bits per heavy atom. The molecule has 0 aliphatic heterocycles. The van der Waals surface area contributed by atoms with Crippen molar-refractivity contribution in [3.63, 3.8) is 0 Å². The van der Waals surface area contributed by atoms with E-state index in [-0.39, 0.29) is 23.0 Å². The Labute approximate surface area is 235 Å². The maximum Gasteiger partial charge on any atom is 0.264 e. The smallest absolute Gasteiger partial charge is 0.264 e. The molecule has 0 saturated carbocycles. The number of hydrogen-bond acceptors (Lipinski definition) is 5. The van der Waals surface area contributed by atoms with Gasteiger partial charge in [0.1, 0.15) is 18.3 Å². The van der Waals surface area contributed by atoms with Crippen LogP contribution in [0.5, 0.6) is 5.75 Å². The van der Waals surface area contributed by atoms with Crippen molar-refractivity contribution in [1.82, 2.24) is 10.2 Å². The Bertz CT molecular complexity index is 1400. The van der Waals surface area contributed by atoms with Crippen molar-refractivity contribution in [2.24, 2.45) is 0 Å². The molecule has 3 aromatic rings. The van der Waals surface area contributed by atoms with Crippen molar-refractivity contribution in [2.45, 2.75) is 44.7 Å². The summed E-state index contributed by atoms with van der Waals surface area (Å²) in [4.78, 5) is 28.4. The van der Waals surface area contributed by atoms with Crippen LogP contribution >= 0.6 is 11.6 Å². The van der Waals surface area contributed by atoms with E-state index in [1.165, 1.54) is 42.3 Å². The van der Waals surface area contributed by atoms with Crippen molar-refractivity contribution < 1.29 is 22.7 Å². The van der Waals surface area contributed by atoms with E-state index in [9.17, 15) is 18.0 Å². The third-order valence-corrected chi connectivity index (χ3v) is 8.38. The zero-order chi connectivity index (χ0) is 28.6. The number of likely N-dealkylation sites (N-methyl/N-ethyl adjacent to an activating group) is 1. The van der Waals surface area contributed by atoms with Crippen LogP contribution in [-0.2, 0) is 26.2 Å². The molecule has 0 saturated heterocycles. The monoisotopic (exact) mass is 571 g/mol. The van der Waals surface area contributed by atoms with Crippen LogP contribution in [0.2, 0.25) is 5.02 Å². The summed E-state index contributed by atoms with van der Waals surface area (Å²) in [5, 5.41) is 3.12. The van der Waals surface area contributed by atoms with Crippen LogP contribution in [0, 0.1) is 6.92 Å². The van der Waals surface area contributed by atoms with Gasteiger partial charge in [0.2, 0.25) is 11.8 Å². The Hall–Kier alpha value is -3.56. The number of hydrogen-bond donors (Lipinski definition) is 1. The number of rotatable bonds is 12. The number of nitrogens with one attached hydrogen (secondary N) is 1. The number of ether oxygens (including phenoxy) is 1. The first kappa shape index (κ1) is 30.0. The number of anilines is 1. The SMILES string of the molecule is CCNC(=O)[C@@H](CC)N(Cc1ccccc1C)C(=O)CN(c1cccc(Cl)c1)S(=O)(=O)c1ccc(OC)cc1. The van der Waals surface area contributed by atoms with Crippen LogP contribution < -0.4 is 14.4 Å². The molecule has 0 bridgehead atoms. The molecule has 3 aromatic carbocycles. The summed E-state index contributed by atoms with van der Waals surface area (Å²) in [7, 11) is -2.71. The number of amides is 2. The quantitative estimate of drug-likeness (QED) is 0.337. The molecule has 1 atom stereocenters. The lowest BCUT2D eigenvalue weighted by Crippen LogP contribution is -2.52. The molecule has 208 valence electrons. The first-order valence-corrected chi connectivity index (χ1v) is 14.5. The van der Waals surface area contributed by atoms with Gasteiger partial charge in [-0.25, -0.2) is 8.42 Å². The lowest BCUT2D eigenvalue weighted by atomic mass is 10.1. The second kappa shape index (κ2) is 13.5. The molecule has 3 rings (SSSR count). The van der Waals surface area contributed by atoms with Crippen LogP contribution in [-0.4, -0.2) is 51.4 Å². The zero-order valence-electron chi connectivity index (χ0n) is 22.6. The van der Waals surface area contributed by atoms with E-state index < -0.39 is 28.5 Å². The van der Waals surface area contributed by atoms with Crippen LogP contribution in [0.3, 0.4) is 0 Å². The van der Waals surface area contributed by atoms with Crippen molar-refractivity contribution in [1.29, 1.82) is 0 Å². The molecular weight excluding hydrogens is 538 g/mol. The molecule has 0 unspecified atom stereocenters. The molecule has 0 aliphatic rings. The van der Waals surface area contributed by atoms with Gasteiger partial charge in [0.05, 0.1) is 17.7 Å². The number of aryl methyl sites for hydroxylation is 1. The highest BCUT2D eigenvalue weighted by Crippen LogP contribution is 2.28. The average molecular weight is 572 g/mol. The lowest BCUT2D eigenvalue weighted by molar-refractivity contribution is -0.140. The van der Waals surface area contributed by atoms with Crippen LogP contribution in [0.25, 0.3) is 0 Å². The molecule has 10 heteroatoms. The Balaban J connectivity index is 2.07. The summed E-state index contributed by atoms with van der Waals surface area (Å²) >= 11 is 6.21. The summed E-state index contributed by atoms with van der Waals surface area (Å²) in [6.45, 7) is 5.57. The van der Waals surface area contributed by atoms with E-state index in [1.54, 1.807) is 25.1 Å². The Morgan fingerprint density at radius 1 is 1.00 bits per heavy atom. The third-order valence-electron chi connectivity index (χ3n) is 6.36. The maximum absolute atomic E-state index is 14.0. The van der Waals surface area contributed by atoms with Gasteiger partial charge in [0.25, 0.3) is 10.0 Å². The molecular formula is C29H34ClN3O5S. The molecule has 2 amide bonds. The second-order valence-corrected chi connectivity index (χ2v) is 11.2. The fourth-order valence-corrected chi connectivity index (χ4v) is 5.81. The van der Waals surface area contributed by atoms with E-state index in [0.29, 0.717) is 23.7 Å². The second-order valence-electron chi connectivity index (χ2n) is 8.93. The predicted molar refractivity (Wildman–Crippen MR) is 153 cm³/mol. The van der Waals surface area contributed by atoms with Crippen molar-refractivity contribution in [3.05, 3.63) is 88.9 Å². The zero-order valence-corrected chi connectivity index (χ0v) is 24.1. The van der Waals surface area contributed by atoms with E-state index in [2.05, 4.69) is 5.32 Å². The van der Waals surface area contributed by atoms with Crippen molar-refractivity contribution >= 4 is 39.1 Å². The minimum absolute atomic E-state index is 0.0164. The molecule has 0 radical (unpaired) electrons. The van der Waals surface area contributed by atoms with Gasteiger partial charge in [0, 0.05) is 18.1 Å². The number of methoxy groups -OCH3 is 1. The summed E-state index contributed by atoms with van der Waals surface area (Å²) in [6.07, 6.45) is 0.353. The number of benzene rings is 3. The molecule has 0 fully saturated rings. The largest absolute Gasteiger partial charge is 0.497 e. The molecule has 8 nitrogen and oxygen atoms in total. The minimum Gasteiger partial charge on any atom is -0.497 e. The first-order valence-electron chi connectivity index (χ1n) is 12.7. The summed E-state index contributed by atoms with van der Waals surface area (Å²) < 4.78 is 34.0. The highest BCUT2D eigenvalue weighted by atomic mass is 35.5. The summed E-state index contributed by atoms with van der Waals surface area (Å²) in [5.74, 6) is -0.320. The normalized spacial score (nSPS) is 11.9. The third kappa shape index (κ3) is 7.30. The number of carbonyl (C=O) groups excluding carboxylic acids is 2. The van der Waals surface area contributed by atoms with Gasteiger partial charge in [-0.3, -0.25) is 13.9 Å². The fraction of sp³-hybridized carbons (Fsp3) is 0.310. The lowest BCUT2D eigenvalue weighted by Gasteiger charge is -2.33. The van der Waals surface area contributed by atoms with Crippen molar-refractivity contribution in [2.75, 3.05) is 24.5 Å². The highest BCUT2D eigenvalue weighted by molar-refractivity contribution is 7.92. The van der Waals surface area contributed by atoms with Gasteiger partial charge in [-0.05, 0) is 73.9 Å². The topological polar surface area (TPSA) is 96.0 Å². The standard InChI is InChI=1S/C29H34ClN3O5S/c1-5-27(29(35)31-6-2)32(19-22-11-8-7-10-21(22)3)28(34)20-33(24-13-9-12-23(30)18-24)39(36,37)26-16-14-25(38-4)15-17-26/h7-18,27H,5-6,19-20H2,1-4H3,(H,31,35)/t27-/m1/s1. The number of carbonyl (C=O) groups is 2. The molecule has 39 heavy (non-hydrogen) atoms. The van der Waals surface area contributed by atoms with Gasteiger partial charge in [-0.15, -0.1) is 0 Å². The van der Waals surface area contributed by atoms with Gasteiger partial charge in [-0.2, -0.15) is 0 Å². The van der Waals surface area contributed by atoms with E-state index in [1.807, 2.05) is 38.1 Å². The Kier molecular flexibility index (Phi) is 10.4. The molecule has 1 N–H and O–H groups in total. The number of halogens is 1. The molecule has 0 aromatic heterocycles. The van der Waals surface area contributed by atoms with Crippen LogP contribution in [0.4, 0.5) is 5.69 Å². The Morgan fingerprint density at radius 2 is 1.69 bits per heavy atom. The van der Waals surface area contributed by atoms with Gasteiger partial charge >= 0.3 is 0 Å². The van der Waals surface area contributed by atoms with Crippen LogP contribution in [0.15, 0.2) is 77.7 Å². The fourth-order valence-electron chi connectivity index (χ4n) is 4.22. The van der Waals surface area contributed by atoms with Crippen molar-refractivity contribution in [3.8, 4) is 5.75 Å². The number of sulfonamides is 1. The van der Waals surface area contributed by atoms with E-state index >= 15 is 0 Å². The number of nitrogens with zero attached hydrogens (tertiary/aromatic N) is 2. The average Bonchev–Trinajstić information content (AvgIpc) is 2.92. The van der Waals surface area contributed by atoms with Gasteiger partial charge in [-0.1, -0.05) is 48.9 Å². The van der Waals surface area contributed by atoms with E-state index in [0.717, 1.165) is 15.4 Å². The first-order chi connectivity index (χ1) is 18.6.